The normalized spacial score (nSPS) is 29.3. The molecule has 0 aromatic carbocycles. The second-order valence-corrected chi connectivity index (χ2v) is 5.90. The molecule has 5 heteroatoms. The van der Waals surface area contributed by atoms with Crippen molar-refractivity contribution in [3.05, 3.63) is 18.5 Å². The highest BCUT2D eigenvalue weighted by Gasteiger charge is 2.31. The number of hydrogen-bond donors (Lipinski definition) is 0. The first-order valence-electron chi connectivity index (χ1n) is 7.29. The van der Waals surface area contributed by atoms with Gasteiger partial charge in [-0.05, 0) is 19.5 Å². The number of rotatable bonds is 4. The lowest BCUT2D eigenvalue weighted by Crippen LogP contribution is -2.43. The molecule has 0 saturated carbocycles. The van der Waals surface area contributed by atoms with E-state index in [1.807, 2.05) is 23.1 Å². The van der Waals surface area contributed by atoms with E-state index in [1.165, 1.54) is 13.1 Å². The van der Waals surface area contributed by atoms with E-state index in [4.69, 9.17) is 4.74 Å². The van der Waals surface area contributed by atoms with Crippen molar-refractivity contribution < 1.29 is 4.74 Å². The van der Waals surface area contributed by atoms with Gasteiger partial charge in [-0.2, -0.15) is 5.10 Å². The van der Waals surface area contributed by atoms with Gasteiger partial charge in [0, 0.05) is 57.1 Å². The van der Waals surface area contributed by atoms with Crippen LogP contribution in [-0.4, -0.2) is 72.1 Å². The quantitative estimate of drug-likeness (QED) is 0.794. The maximum atomic E-state index is 5.81. The largest absolute Gasteiger partial charge is 0.379 e. The van der Waals surface area contributed by atoms with Gasteiger partial charge in [-0.25, -0.2) is 0 Å². The summed E-state index contributed by atoms with van der Waals surface area (Å²) in [4.78, 5) is 5.09. The van der Waals surface area contributed by atoms with Gasteiger partial charge in [-0.1, -0.05) is 0 Å². The van der Waals surface area contributed by atoms with E-state index in [9.17, 15) is 0 Å². The molecule has 1 aromatic heterocycles. The summed E-state index contributed by atoms with van der Waals surface area (Å²) >= 11 is 0. The Kier molecular flexibility index (Phi) is 4.15. The molecule has 106 valence electrons. The van der Waals surface area contributed by atoms with Crippen molar-refractivity contribution in [2.45, 2.75) is 19.0 Å². The molecule has 3 rings (SSSR count). The Balaban J connectivity index is 1.54. The number of aryl methyl sites for hydroxylation is 1. The lowest BCUT2D eigenvalue weighted by molar-refractivity contribution is 0.0570. The van der Waals surface area contributed by atoms with Crippen LogP contribution in [0.4, 0.5) is 0 Å². The second kappa shape index (κ2) is 6.03. The summed E-state index contributed by atoms with van der Waals surface area (Å²) in [7, 11) is 2.23. The summed E-state index contributed by atoms with van der Waals surface area (Å²) in [6, 6.07) is 2.55. The Labute approximate surface area is 115 Å². The predicted octanol–water partition coefficient (Wildman–Crippen LogP) is 0.536. The van der Waals surface area contributed by atoms with Gasteiger partial charge in [0.25, 0.3) is 0 Å². The first kappa shape index (κ1) is 13.1. The lowest BCUT2D eigenvalue weighted by atomic mass is 10.1. The van der Waals surface area contributed by atoms with Gasteiger partial charge in [-0.15, -0.1) is 0 Å². The first-order chi connectivity index (χ1) is 9.31. The summed E-state index contributed by atoms with van der Waals surface area (Å²) < 4.78 is 7.83. The molecule has 2 fully saturated rings. The Morgan fingerprint density at radius 2 is 2.16 bits per heavy atom. The van der Waals surface area contributed by atoms with Crippen LogP contribution in [0.25, 0.3) is 0 Å². The Bertz CT molecular complexity index is 381. The third-order valence-electron chi connectivity index (χ3n) is 4.16. The third-order valence-corrected chi connectivity index (χ3v) is 4.16. The summed E-state index contributed by atoms with van der Waals surface area (Å²) in [5.74, 6) is 0.669. The highest BCUT2D eigenvalue weighted by Crippen LogP contribution is 2.18. The lowest BCUT2D eigenvalue weighted by Gasteiger charge is -2.29. The maximum Gasteiger partial charge on any atom is 0.0634 e. The average molecular weight is 264 g/mol. The van der Waals surface area contributed by atoms with E-state index in [-0.39, 0.29) is 0 Å². The molecule has 2 atom stereocenters. The first-order valence-corrected chi connectivity index (χ1v) is 7.29. The number of likely N-dealkylation sites (N-methyl/N-ethyl adjacent to an activating group) is 1. The topological polar surface area (TPSA) is 33.5 Å². The van der Waals surface area contributed by atoms with Gasteiger partial charge in [0.1, 0.15) is 0 Å². The second-order valence-electron chi connectivity index (χ2n) is 5.90. The zero-order chi connectivity index (χ0) is 13.1. The molecule has 2 bridgehead atoms. The number of ether oxygens (including phenoxy) is 1. The molecule has 0 aliphatic carbocycles. The van der Waals surface area contributed by atoms with E-state index in [0.29, 0.717) is 12.0 Å². The zero-order valence-corrected chi connectivity index (χ0v) is 11.7. The van der Waals surface area contributed by atoms with Crippen LogP contribution < -0.4 is 0 Å². The Morgan fingerprint density at radius 1 is 1.21 bits per heavy atom. The molecule has 0 amide bonds. The van der Waals surface area contributed by atoms with Crippen LogP contribution in [0.15, 0.2) is 18.5 Å². The van der Waals surface area contributed by atoms with E-state index in [2.05, 4.69) is 21.9 Å². The van der Waals surface area contributed by atoms with Crippen LogP contribution in [0.1, 0.15) is 6.42 Å². The van der Waals surface area contributed by atoms with Gasteiger partial charge >= 0.3 is 0 Å². The SMILES string of the molecule is CN1C[C@@H]2COC[C@H](C1)N(CCCn1cccn1)C2. The minimum absolute atomic E-state index is 0.565. The Hall–Kier alpha value is -0.910. The predicted molar refractivity (Wildman–Crippen MR) is 74.0 cm³/mol. The van der Waals surface area contributed by atoms with Crippen molar-refractivity contribution in [2.24, 2.45) is 5.92 Å². The molecule has 0 spiro atoms. The van der Waals surface area contributed by atoms with Crippen LogP contribution in [-0.2, 0) is 11.3 Å². The smallest absolute Gasteiger partial charge is 0.0634 e. The molecule has 1 aromatic rings. The van der Waals surface area contributed by atoms with E-state index < -0.39 is 0 Å². The third kappa shape index (κ3) is 3.35. The van der Waals surface area contributed by atoms with Crippen LogP contribution in [0.5, 0.6) is 0 Å². The van der Waals surface area contributed by atoms with Crippen molar-refractivity contribution in [2.75, 3.05) is 46.4 Å². The highest BCUT2D eigenvalue weighted by atomic mass is 16.5. The minimum Gasteiger partial charge on any atom is -0.379 e. The molecule has 0 radical (unpaired) electrons. The minimum atomic E-state index is 0.565. The fourth-order valence-electron chi connectivity index (χ4n) is 3.31. The number of nitrogens with zero attached hydrogens (tertiary/aromatic N) is 4. The fraction of sp³-hybridized carbons (Fsp3) is 0.786. The molecule has 2 aliphatic heterocycles. The van der Waals surface area contributed by atoms with Crippen molar-refractivity contribution >= 4 is 0 Å². The summed E-state index contributed by atoms with van der Waals surface area (Å²) in [5, 5.41) is 4.26. The number of aromatic nitrogens is 2. The van der Waals surface area contributed by atoms with Crippen molar-refractivity contribution in [1.82, 2.24) is 19.6 Å². The molecule has 0 unspecified atom stereocenters. The fourth-order valence-corrected chi connectivity index (χ4v) is 3.31. The maximum absolute atomic E-state index is 5.81. The highest BCUT2D eigenvalue weighted by molar-refractivity contribution is 4.85. The summed E-state index contributed by atoms with van der Waals surface area (Å²) in [5.41, 5.74) is 0. The summed E-state index contributed by atoms with van der Waals surface area (Å²) in [6.07, 6.45) is 5.05. The van der Waals surface area contributed by atoms with Gasteiger partial charge in [0.2, 0.25) is 0 Å². The van der Waals surface area contributed by atoms with Crippen LogP contribution >= 0.6 is 0 Å². The van der Waals surface area contributed by atoms with Crippen molar-refractivity contribution in [3.8, 4) is 0 Å². The number of fused-ring (bicyclic) bond motifs is 3. The number of hydrogen-bond acceptors (Lipinski definition) is 4. The molecule has 5 nitrogen and oxygen atoms in total. The Morgan fingerprint density at radius 3 is 3.00 bits per heavy atom. The average Bonchev–Trinajstić information content (AvgIpc) is 2.74. The molecule has 19 heavy (non-hydrogen) atoms. The molecular formula is C14H24N4O. The van der Waals surface area contributed by atoms with Crippen LogP contribution in [0, 0.1) is 5.92 Å². The molecular weight excluding hydrogens is 240 g/mol. The standard InChI is InChI=1S/C14H24N4O/c1-16-8-13-9-17(14(10-16)12-19-11-13)5-3-7-18-6-2-4-15-18/h2,4,6,13-14H,3,5,7-12H2,1H3/t13-,14-/m0/s1. The van der Waals surface area contributed by atoms with Crippen molar-refractivity contribution in [3.63, 3.8) is 0 Å². The van der Waals surface area contributed by atoms with E-state index >= 15 is 0 Å². The summed E-state index contributed by atoms with van der Waals surface area (Å²) in [6.45, 7) is 7.48. The van der Waals surface area contributed by atoms with Gasteiger partial charge in [0.15, 0.2) is 0 Å². The monoisotopic (exact) mass is 264 g/mol. The zero-order valence-electron chi connectivity index (χ0n) is 11.7. The van der Waals surface area contributed by atoms with Crippen LogP contribution in [0.3, 0.4) is 0 Å². The van der Waals surface area contributed by atoms with Crippen molar-refractivity contribution in [1.29, 1.82) is 0 Å². The molecule has 0 N–H and O–H groups in total. The molecule has 2 saturated heterocycles. The van der Waals surface area contributed by atoms with Gasteiger partial charge < -0.3 is 9.64 Å². The van der Waals surface area contributed by atoms with Gasteiger partial charge in [-0.3, -0.25) is 9.58 Å². The van der Waals surface area contributed by atoms with Gasteiger partial charge in [0.05, 0.1) is 13.2 Å². The van der Waals surface area contributed by atoms with E-state index in [1.54, 1.807) is 0 Å². The molecule has 2 aliphatic rings. The van der Waals surface area contributed by atoms with Crippen LogP contribution in [0.2, 0.25) is 0 Å². The van der Waals surface area contributed by atoms with E-state index in [0.717, 1.165) is 39.3 Å². The molecule has 3 heterocycles.